The lowest BCUT2D eigenvalue weighted by atomic mass is 9.84. The molecule has 0 bridgehead atoms. The van der Waals surface area contributed by atoms with Crippen molar-refractivity contribution in [3.05, 3.63) is 71.5 Å². The van der Waals surface area contributed by atoms with E-state index < -0.39 is 74.4 Å². The molecular weight excluding hydrogens is 722 g/mol. The predicted molar refractivity (Wildman–Crippen MR) is 192 cm³/mol. The molecule has 4 heterocycles. The zero-order valence-corrected chi connectivity index (χ0v) is 30.7. The number of aromatic nitrogens is 3. The van der Waals surface area contributed by atoms with Gasteiger partial charge in [0.25, 0.3) is 11.8 Å². The molecule has 5 atom stereocenters. The fraction of sp³-hybridized carbons (Fsp3) is 0.486. The number of hydrogen-bond donors (Lipinski definition) is 3. The Kier molecular flexibility index (Phi) is 10.3. The van der Waals surface area contributed by atoms with Gasteiger partial charge in [0.05, 0.1) is 23.0 Å². The molecule has 0 radical (unpaired) electrons. The number of nitrogens with one attached hydrogen (secondary N) is 3. The lowest BCUT2D eigenvalue weighted by Gasteiger charge is -2.36. The Morgan fingerprint density at radius 2 is 1.87 bits per heavy atom. The number of rotatable bonds is 7. The van der Waals surface area contributed by atoms with Crippen molar-refractivity contribution in [3.8, 4) is 5.88 Å². The third-order valence-electron chi connectivity index (χ3n) is 10.4. The fourth-order valence-corrected chi connectivity index (χ4v) is 8.66. The summed E-state index contributed by atoms with van der Waals surface area (Å²) in [4.78, 5) is 66.5. The maximum Gasteiger partial charge on any atom is 0.290 e. The maximum absolute atomic E-state index is 14.7. The van der Waals surface area contributed by atoms with Crippen molar-refractivity contribution in [2.75, 3.05) is 6.54 Å². The van der Waals surface area contributed by atoms with E-state index in [9.17, 15) is 32.0 Å². The van der Waals surface area contributed by atoms with Crippen molar-refractivity contribution in [1.82, 2.24) is 35.4 Å². The standard InChI is InChI=1S/C37H42FN7O8S/c1-21-18-30(53-43-21)33(47)40-28-13-7-5-3-4-6-10-23-11-9-17-37(23,36(49)44-54(50,51)25-15-16-25)42-32(46)29-19-24(20-45(29)35(28)48)52-34-22(2)39-27-14-8-12-26(38)31(27)41-34/h6,8-12,14,18,23-25,28-29H,3-5,7,13,15-17,19-20H2,1-2H3,(H,40,47)(H,42,46)(H,44,49)/b10-6-/t23?,24-,28+,29+,37-/m1/s1. The number of nitrogens with zero attached hydrogens (tertiary/aromatic N) is 4. The average Bonchev–Trinajstić information content (AvgIpc) is 3.59. The van der Waals surface area contributed by atoms with Crippen LogP contribution >= 0.6 is 0 Å². The van der Waals surface area contributed by atoms with Gasteiger partial charge >= 0.3 is 0 Å². The Morgan fingerprint density at radius 1 is 1.07 bits per heavy atom. The van der Waals surface area contributed by atoms with E-state index in [1.54, 1.807) is 38.1 Å². The van der Waals surface area contributed by atoms with Crippen molar-refractivity contribution in [1.29, 1.82) is 0 Å². The van der Waals surface area contributed by atoms with Gasteiger partial charge in [0, 0.05) is 18.4 Å². The van der Waals surface area contributed by atoms with Crippen LogP contribution in [0.5, 0.6) is 5.88 Å². The van der Waals surface area contributed by atoms with Gasteiger partial charge in [-0.2, -0.15) is 0 Å². The van der Waals surface area contributed by atoms with Crippen molar-refractivity contribution < 1.29 is 41.2 Å². The number of para-hydroxylation sites is 1. The number of hydrogen-bond acceptors (Lipinski definition) is 11. The summed E-state index contributed by atoms with van der Waals surface area (Å²) in [5.41, 5.74) is -0.548. The van der Waals surface area contributed by atoms with Crippen molar-refractivity contribution in [3.63, 3.8) is 0 Å². The molecule has 286 valence electrons. The number of ether oxygens (including phenoxy) is 1. The Morgan fingerprint density at radius 3 is 2.63 bits per heavy atom. The van der Waals surface area contributed by atoms with Crippen LogP contribution in [0.2, 0.25) is 0 Å². The van der Waals surface area contributed by atoms with Gasteiger partial charge in [-0.25, -0.2) is 22.8 Å². The van der Waals surface area contributed by atoms with Gasteiger partial charge < -0.3 is 24.8 Å². The molecule has 4 amide bonds. The van der Waals surface area contributed by atoms with Gasteiger partial charge in [-0.1, -0.05) is 48.4 Å². The van der Waals surface area contributed by atoms with Crippen molar-refractivity contribution in [2.45, 2.75) is 101 Å². The number of carbonyl (C=O) groups excluding carboxylic acids is 4. The number of fused-ring (bicyclic) bond motifs is 3. The van der Waals surface area contributed by atoms with Crippen LogP contribution in [-0.2, 0) is 24.4 Å². The molecule has 2 aromatic heterocycles. The number of carbonyl (C=O) groups is 4. The average molecular weight is 764 g/mol. The van der Waals surface area contributed by atoms with E-state index in [0.29, 0.717) is 49.0 Å². The molecule has 15 nitrogen and oxygen atoms in total. The molecule has 2 aliphatic heterocycles. The molecule has 2 fully saturated rings. The third-order valence-corrected chi connectivity index (χ3v) is 12.2. The Balaban J connectivity index is 1.23. The Bertz CT molecular complexity index is 2150. The number of allylic oxidation sites excluding steroid dienone is 1. The molecule has 3 aromatic rings. The second-order valence-corrected chi connectivity index (χ2v) is 16.4. The zero-order valence-electron chi connectivity index (χ0n) is 29.9. The minimum absolute atomic E-state index is 0.00703. The number of benzene rings is 1. The van der Waals surface area contributed by atoms with Gasteiger partial charge in [0.1, 0.15) is 34.9 Å². The first-order valence-corrected chi connectivity index (χ1v) is 19.7. The minimum atomic E-state index is -3.97. The van der Waals surface area contributed by atoms with Crippen LogP contribution in [0.15, 0.2) is 53.1 Å². The van der Waals surface area contributed by atoms with E-state index in [1.165, 1.54) is 23.1 Å². The summed E-state index contributed by atoms with van der Waals surface area (Å²) in [6.45, 7) is 3.18. The lowest BCUT2D eigenvalue weighted by molar-refractivity contribution is -0.142. The lowest BCUT2D eigenvalue weighted by Crippen LogP contribution is -2.64. The maximum atomic E-state index is 14.7. The SMILES string of the molecule is Cc1cc(C(=O)N[C@H]2CCCCC/C=C\C3C=CC[C@@]3(C(=O)NS(=O)(=O)C3CC3)NC(=O)[C@@H]3C[C@@H](Oc4nc5c(F)cccc5nc4C)CN3C2=O)on1. The normalized spacial score (nSPS) is 27.0. The first-order valence-electron chi connectivity index (χ1n) is 18.2. The summed E-state index contributed by atoms with van der Waals surface area (Å²) >= 11 is 0. The van der Waals surface area contributed by atoms with Gasteiger partial charge in [0.2, 0.25) is 33.5 Å². The molecule has 3 N–H and O–H groups in total. The molecular formula is C37H42FN7O8S. The van der Waals surface area contributed by atoms with Crippen LogP contribution in [0.4, 0.5) is 4.39 Å². The summed E-state index contributed by atoms with van der Waals surface area (Å²) in [6, 6.07) is 3.54. The van der Waals surface area contributed by atoms with E-state index in [1.807, 2.05) is 6.08 Å². The molecule has 7 rings (SSSR count). The fourth-order valence-electron chi connectivity index (χ4n) is 7.30. The highest BCUT2D eigenvalue weighted by Crippen LogP contribution is 2.35. The van der Waals surface area contributed by atoms with Crippen LogP contribution < -0.4 is 20.1 Å². The van der Waals surface area contributed by atoms with Crippen LogP contribution in [0, 0.1) is 25.6 Å². The third kappa shape index (κ3) is 7.58. The summed E-state index contributed by atoms with van der Waals surface area (Å²) in [5, 5.41) is 8.74. The van der Waals surface area contributed by atoms with Crippen molar-refractivity contribution >= 4 is 44.7 Å². The summed E-state index contributed by atoms with van der Waals surface area (Å²) in [7, 11) is -3.97. The number of halogens is 1. The molecule has 1 aromatic carbocycles. The summed E-state index contributed by atoms with van der Waals surface area (Å²) in [5.74, 6) is -4.14. The van der Waals surface area contributed by atoms with E-state index >= 15 is 0 Å². The topological polar surface area (TPSA) is 203 Å². The molecule has 2 aliphatic carbocycles. The smallest absolute Gasteiger partial charge is 0.290 e. The minimum Gasteiger partial charge on any atom is -0.471 e. The summed E-state index contributed by atoms with van der Waals surface area (Å²) < 4.78 is 54.3. The first kappa shape index (κ1) is 37.1. The van der Waals surface area contributed by atoms with Crippen molar-refractivity contribution in [2.24, 2.45) is 5.92 Å². The number of aryl methyl sites for hydroxylation is 2. The van der Waals surface area contributed by atoms with E-state index in [4.69, 9.17) is 9.26 Å². The molecule has 4 aliphatic rings. The van der Waals surface area contributed by atoms with E-state index in [2.05, 4.69) is 30.5 Å². The molecule has 1 unspecified atom stereocenters. The molecule has 1 saturated heterocycles. The molecule has 0 spiro atoms. The Labute approximate surface area is 311 Å². The second-order valence-electron chi connectivity index (χ2n) is 14.4. The number of sulfonamides is 1. The second kappa shape index (κ2) is 14.9. The highest BCUT2D eigenvalue weighted by molar-refractivity contribution is 7.91. The largest absolute Gasteiger partial charge is 0.471 e. The quantitative estimate of drug-likeness (QED) is 0.299. The van der Waals surface area contributed by atoms with Gasteiger partial charge in [-0.15, -0.1) is 0 Å². The Hall–Kier alpha value is -5.19. The van der Waals surface area contributed by atoms with Crippen LogP contribution in [0.3, 0.4) is 0 Å². The highest BCUT2D eigenvalue weighted by Gasteiger charge is 2.52. The first-order chi connectivity index (χ1) is 25.8. The van der Waals surface area contributed by atoms with Gasteiger partial charge in [0.15, 0.2) is 5.82 Å². The van der Waals surface area contributed by atoms with E-state index in [-0.39, 0.29) is 43.0 Å². The van der Waals surface area contributed by atoms with Crippen LogP contribution in [0.25, 0.3) is 11.0 Å². The van der Waals surface area contributed by atoms with Gasteiger partial charge in [-0.05, 0) is 64.5 Å². The number of amides is 4. The zero-order chi connectivity index (χ0) is 38.2. The van der Waals surface area contributed by atoms with Crippen LogP contribution in [0.1, 0.15) is 79.7 Å². The monoisotopic (exact) mass is 763 g/mol. The predicted octanol–water partition coefficient (Wildman–Crippen LogP) is 3.08. The van der Waals surface area contributed by atoms with Gasteiger partial charge in [-0.3, -0.25) is 23.9 Å². The van der Waals surface area contributed by atoms with Crippen LogP contribution in [-0.4, -0.2) is 87.6 Å². The van der Waals surface area contributed by atoms with E-state index in [0.717, 1.165) is 6.42 Å². The molecule has 54 heavy (non-hydrogen) atoms. The molecule has 17 heteroatoms. The highest BCUT2D eigenvalue weighted by atomic mass is 32.2. The summed E-state index contributed by atoms with van der Waals surface area (Å²) in [6.07, 6.45) is 10.1. The molecule has 1 saturated carbocycles.